The number of aliphatic imine (C=N–C) groups is 1. The van der Waals surface area contributed by atoms with E-state index in [4.69, 9.17) is 5.73 Å². The number of hydrogen-bond donors (Lipinski definition) is 2. The van der Waals surface area contributed by atoms with Crippen molar-refractivity contribution in [2.45, 2.75) is 25.2 Å². The lowest BCUT2D eigenvalue weighted by Gasteiger charge is -2.10. The first-order chi connectivity index (χ1) is 10.3. The monoisotopic (exact) mass is 280 g/mol. The fraction of sp³-hybridized carbons (Fsp3) is 0.294. The Labute approximate surface area is 125 Å². The van der Waals surface area contributed by atoms with Crippen LogP contribution in [0.15, 0.2) is 53.7 Å². The molecule has 1 aromatic heterocycles. The normalized spacial score (nSPS) is 17.5. The molecule has 0 spiro atoms. The van der Waals surface area contributed by atoms with E-state index in [0.717, 1.165) is 18.8 Å². The summed E-state index contributed by atoms with van der Waals surface area (Å²) in [7, 11) is 0. The Morgan fingerprint density at radius 1 is 1.24 bits per heavy atom. The number of rotatable bonds is 4. The van der Waals surface area contributed by atoms with Crippen LogP contribution in [0, 0.1) is 0 Å². The molecule has 1 heterocycles. The average Bonchev–Trinajstić information content (AvgIpc) is 2.92. The van der Waals surface area contributed by atoms with Gasteiger partial charge in [0.25, 0.3) is 0 Å². The van der Waals surface area contributed by atoms with Crippen LogP contribution >= 0.6 is 0 Å². The molecule has 4 heteroatoms. The second-order valence-electron chi connectivity index (χ2n) is 5.33. The van der Waals surface area contributed by atoms with E-state index in [0.29, 0.717) is 11.9 Å². The van der Waals surface area contributed by atoms with Gasteiger partial charge in [0, 0.05) is 12.7 Å². The minimum atomic E-state index is 0.431. The van der Waals surface area contributed by atoms with Gasteiger partial charge in [-0.15, -0.1) is 0 Å². The molecule has 0 fully saturated rings. The molecular formula is C17H20N4. The van der Waals surface area contributed by atoms with E-state index in [1.165, 1.54) is 24.0 Å². The molecule has 1 aromatic carbocycles. The number of anilines is 1. The Morgan fingerprint density at radius 3 is 2.95 bits per heavy atom. The molecular weight excluding hydrogens is 260 g/mol. The van der Waals surface area contributed by atoms with E-state index in [1.807, 2.05) is 18.2 Å². The summed E-state index contributed by atoms with van der Waals surface area (Å²) in [6.45, 7) is 0.741. The fourth-order valence-corrected chi connectivity index (χ4v) is 2.89. The van der Waals surface area contributed by atoms with Crippen LogP contribution in [0.3, 0.4) is 0 Å². The number of nitrogens with two attached hydrogens (primary N) is 1. The van der Waals surface area contributed by atoms with Gasteiger partial charge < -0.3 is 11.1 Å². The highest BCUT2D eigenvalue weighted by Gasteiger charge is 2.20. The highest BCUT2D eigenvalue weighted by molar-refractivity contribution is 5.91. The number of hydrogen-bond acceptors (Lipinski definition) is 2. The van der Waals surface area contributed by atoms with Crippen molar-refractivity contribution in [3.8, 4) is 0 Å². The summed E-state index contributed by atoms with van der Waals surface area (Å²) >= 11 is 0. The van der Waals surface area contributed by atoms with E-state index in [9.17, 15) is 0 Å². The third kappa shape index (κ3) is 3.40. The quantitative estimate of drug-likeness (QED) is 0.668. The molecule has 0 amide bonds. The Hall–Kier alpha value is -2.36. The molecule has 1 aliphatic rings. The van der Waals surface area contributed by atoms with Gasteiger partial charge >= 0.3 is 0 Å². The first-order valence-corrected chi connectivity index (χ1v) is 7.39. The minimum Gasteiger partial charge on any atom is -0.370 e. The molecule has 3 N–H and O–H groups in total. The van der Waals surface area contributed by atoms with Crippen LogP contribution in [0.5, 0.6) is 0 Å². The fourth-order valence-electron chi connectivity index (χ4n) is 2.89. The number of guanidine groups is 1. The van der Waals surface area contributed by atoms with Gasteiger partial charge in [-0.3, -0.25) is 4.99 Å². The number of aryl methyl sites for hydroxylation is 1. The second kappa shape index (κ2) is 6.39. The van der Waals surface area contributed by atoms with Gasteiger partial charge in [0.05, 0.1) is 0 Å². The molecule has 21 heavy (non-hydrogen) atoms. The topological polar surface area (TPSA) is 63.3 Å². The van der Waals surface area contributed by atoms with Crippen LogP contribution in [0.1, 0.15) is 29.9 Å². The number of aromatic nitrogens is 1. The van der Waals surface area contributed by atoms with Crippen molar-refractivity contribution in [1.82, 2.24) is 4.98 Å². The highest BCUT2D eigenvalue weighted by Crippen LogP contribution is 2.34. The maximum absolute atomic E-state index is 5.88. The molecule has 0 saturated carbocycles. The van der Waals surface area contributed by atoms with Gasteiger partial charge in [0.1, 0.15) is 5.82 Å². The molecule has 1 atom stereocenters. The van der Waals surface area contributed by atoms with Gasteiger partial charge in [-0.25, -0.2) is 4.98 Å². The van der Waals surface area contributed by atoms with Crippen LogP contribution in [0.25, 0.3) is 0 Å². The zero-order valence-electron chi connectivity index (χ0n) is 12.0. The van der Waals surface area contributed by atoms with Crippen molar-refractivity contribution in [2.75, 3.05) is 11.9 Å². The van der Waals surface area contributed by atoms with Gasteiger partial charge in [-0.2, -0.15) is 0 Å². The summed E-state index contributed by atoms with van der Waals surface area (Å²) in [6, 6.07) is 14.4. The summed E-state index contributed by atoms with van der Waals surface area (Å²) < 4.78 is 0. The van der Waals surface area contributed by atoms with Crippen LogP contribution in [-0.2, 0) is 6.42 Å². The molecule has 0 radical (unpaired) electrons. The number of nitrogens with zero attached hydrogens (tertiary/aromatic N) is 2. The van der Waals surface area contributed by atoms with Crippen LogP contribution in [-0.4, -0.2) is 17.5 Å². The maximum Gasteiger partial charge on any atom is 0.194 e. The lowest BCUT2D eigenvalue weighted by Crippen LogP contribution is -2.23. The van der Waals surface area contributed by atoms with Gasteiger partial charge in [-0.05, 0) is 48.4 Å². The Balaban J connectivity index is 1.53. The van der Waals surface area contributed by atoms with Gasteiger partial charge in [0.2, 0.25) is 0 Å². The molecule has 2 aromatic rings. The van der Waals surface area contributed by atoms with Crippen molar-refractivity contribution < 1.29 is 0 Å². The van der Waals surface area contributed by atoms with Gasteiger partial charge in [0.15, 0.2) is 5.96 Å². The minimum absolute atomic E-state index is 0.431. The Morgan fingerprint density at radius 2 is 2.10 bits per heavy atom. The van der Waals surface area contributed by atoms with E-state index in [1.54, 1.807) is 6.20 Å². The zero-order chi connectivity index (χ0) is 14.5. The smallest absolute Gasteiger partial charge is 0.194 e. The molecule has 108 valence electrons. The highest BCUT2D eigenvalue weighted by atomic mass is 15.1. The molecule has 0 aliphatic heterocycles. The van der Waals surface area contributed by atoms with Crippen molar-refractivity contribution in [3.05, 3.63) is 59.8 Å². The number of fused-ring (bicyclic) bond motifs is 1. The maximum atomic E-state index is 5.88. The molecule has 1 aliphatic carbocycles. The van der Waals surface area contributed by atoms with Crippen molar-refractivity contribution in [3.63, 3.8) is 0 Å². The predicted molar refractivity (Wildman–Crippen MR) is 86.5 cm³/mol. The first-order valence-electron chi connectivity index (χ1n) is 7.39. The summed E-state index contributed by atoms with van der Waals surface area (Å²) in [5.74, 6) is 1.78. The third-order valence-corrected chi connectivity index (χ3v) is 3.94. The Bertz CT molecular complexity index is 622. The molecule has 1 unspecified atom stereocenters. The lowest BCUT2D eigenvalue weighted by atomic mass is 9.98. The third-order valence-electron chi connectivity index (χ3n) is 3.94. The van der Waals surface area contributed by atoms with Crippen LogP contribution in [0.4, 0.5) is 5.82 Å². The molecule has 0 saturated heterocycles. The number of nitrogens with one attached hydrogen (secondary N) is 1. The summed E-state index contributed by atoms with van der Waals surface area (Å²) in [5, 5.41) is 3.00. The molecule has 0 bridgehead atoms. The average molecular weight is 280 g/mol. The van der Waals surface area contributed by atoms with Crippen LogP contribution < -0.4 is 11.1 Å². The number of benzene rings is 1. The summed E-state index contributed by atoms with van der Waals surface area (Å²) in [6.07, 6.45) is 5.18. The number of pyridine rings is 1. The SMILES string of the molecule is NC(=NCCC1CCc2ccccc21)Nc1ccccn1. The lowest BCUT2D eigenvalue weighted by molar-refractivity contribution is 0.628. The van der Waals surface area contributed by atoms with E-state index >= 15 is 0 Å². The van der Waals surface area contributed by atoms with E-state index in [-0.39, 0.29) is 0 Å². The second-order valence-corrected chi connectivity index (χ2v) is 5.33. The standard InChI is InChI=1S/C17H20N4/c18-17(21-16-7-3-4-11-19-16)20-12-10-14-9-8-13-5-1-2-6-15(13)14/h1-7,11,14H,8-10,12H2,(H3,18,19,20,21). The first kappa shape index (κ1) is 13.6. The predicted octanol–water partition coefficient (Wildman–Crippen LogP) is 2.93. The Kier molecular flexibility index (Phi) is 4.15. The van der Waals surface area contributed by atoms with Gasteiger partial charge in [-0.1, -0.05) is 30.3 Å². The van der Waals surface area contributed by atoms with E-state index in [2.05, 4.69) is 39.6 Å². The van der Waals surface area contributed by atoms with Crippen molar-refractivity contribution in [1.29, 1.82) is 0 Å². The molecule has 4 nitrogen and oxygen atoms in total. The summed E-state index contributed by atoms with van der Waals surface area (Å²) in [5.41, 5.74) is 8.87. The summed E-state index contributed by atoms with van der Waals surface area (Å²) in [4.78, 5) is 8.56. The van der Waals surface area contributed by atoms with Crippen LogP contribution in [0.2, 0.25) is 0 Å². The zero-order valence-corrected chi connectivity index (χ0v) is 12.0. The largest absolute Gasteiger partial charge is 0.370 e. The molecule has 3 rings (SSSR count). The van der Waals surface area contributed by atoms with Crippen molar-refractivity contribution >= 4 is 11.8 Å². The van der Waals surface area contributed by atoms with E-state index < -0.39 is 0 Å². The van der Waals surface area contributed by atoms with Crippen molar-refractivity contribution in [2.24, 2.45) is 10.7 Å².